The monoisotopic (exact) mass is 169 g/mol. The molecule has 68 valence electrons. The molecule has 4 nitrogen and oxygen atoms in total. The molecular formula is C8H15N3O. The molecule has 1 aliphatic rings. The summed E-state index contributed by atoms with van der Waals surface area (Å²) >= 11 is 0. The van der Waals surface area contributed by atoms with Crippen LogP contribution in [0.3, 0.4) is 0 Å². The summed E-state index contributed by atoms with van der Waals surface area (Å²) < 4.78 is 0. The van der Waals surface area contributed by atoms with Gasteiger partial charge in [0.25, 0.3) is 0 Å². The van der Waals surface area contributed by atoms with Gasteiger partial charge >= 0.3 is 0 Å². The SMILES string of the molecule is N#CNC1CCCN(CCO)C1. The number of rotatable bonds is 3. The van der Waals surface area contributed by atoms with Gasteiger partial charge in [-0.25, -0.2) is 0 Å². The van der Waals surface area contributed by atoms with Gasteiger partial charge in [-0.2, -0.15) is 5.26 Å². The number of nitriles is 1. The Morgan fingerprint density at radius 3 is 3.17 bits per heavy atom. The number of nitrogens with one attached hydrogen (secondary N) is 1. The molecule has 1 unspecified atom stereocenters. The molecule has 4 heteroatoms. The van der Waals surface area contributed by atoms with Crippen molar-refractivity contribution in [3.8, 4) is 6.19 Å². The van der Waals surface area contributed by atoms with Gasteiger partial charge in [0.1, 0.15) is 0 Å². The highest BCUT2D eigenvalue weighted by molar-refractivity contribution is 4.82. The van der Waals surface area contributed by atoms with E-state index in [9.17, 15) is 0 Å². The molecule has 0 saturated carbocycles. The molecule has 1 aliphatic heterocycles. The van der Waals surface area contributed by atoms with E-state index in [2.05, 4.69) is 10.2 Å². The van der Waals surface area contributed by atoms with Crippen LogP contribution in [0.4, 0.5) is 0 Å². The highest BCUT2D eigenvalue weighted by atomic mass is 16.3. The number of aliphatic hydroxyl groups excluding tert-OH is 1. The fraction of sp³-hybridized carbons (Fsp3) is 0.875. The van der Waals surface area contributed by atoms with Gasteiger partial charge in [-0.1, -0.05) is 0 Å². The molecule has 1 atom stereocenters. The van der Waals surface area contributed by atoms with Gasteiger partial charge in [-0.3, -0.25) is 4.90 Å². The lowest BCUT2D eigenvalue weighted by molar-refractivity contribution is 0.156. The molecule has 1 rings (SSSR count). The van der Waals surface area contributed by atoms with Crippen molar-refractivity contribution < 1.29 is 5.11 Å². The van der Waals surface area contributed by atoms with Crippen LogP contribution in [0.25, 0.3) is 0 Å². The first-order valence-electron chi connectivity index (χ1n) is 4.34. The minimum Gasteiger partial charge on any atom is -0.395 e. The fourth-order valence-electron chi connectivity index (χ4n) is 1.61. The normalized spacial score (nSPS) is 24.8. The predicted octanol–water partition coefficient (Wildman–Crippen LogP) is -0.486. The third-order valence-corrected chi connectivity index (χ3v) is 2.19. The van der Waals surface area contributed by atoms with E-state index in [1.165, 1.54) is 0 Å². The Bertz CT molecular complexity index is 164. The molecule has 0 aliphatic carbocycles. The number of piperidine rings is 1. The van der Waals surface area contributed by atoms with Crippen molar-refractivity contribution in [2.24, 2.45) is 0 Å². The second-order valence-electron chi connectivity index (χ2n) is 3.12. The Balaban J connectivity index is 2.26. The Morgan fingerprint density at radius 1 is 1.67 bits per heavy atom. The van der Waals surface area contributed by atoms with E-state index in [1.807, 2.05) is 6.19 Å². The fourth-order valence-corrected chi connectivity index (χ4v) is 1.61. The minimum absolute atomic E-state index is 0.208. The van der Waals surface area contributed by atoms with Crippen LogP contribution < -0.4 is 5.32 Å². The zero-order valence-corrected chi connectivity index (χ0v) is 7.16. The number of likely N-dealkylation sites (tertiary alicyclic amines) is 1. The Labute approximate surface area is 72.8 Å². The second-order valence-corrected chi connectivity index (χ2v) is 3.12. The molecular weight excluding hydrogens is 154 g/mol. The van der Waals surface area contributed by atoms with Gasteiger partial charge in [-0.15, -0.1) is 0 Å². The third kappa shape index (κ3) is 2.68. The van der Waals surface area contributed by atoms with Crippen molar-refractivity contribution in [1.29, 1.82) is 5.26 Å². The quantitative estimate of drug-likeness (QED) is 0.442. The first-order valence-corrected chi connectivity index (χ1v) is 4.34. The van der Waals surface area contributed by atoms with Crippen LogP contribution in [-0.2, 0) is 0 Å². The highest BCUT2D eigenvalue weighted by Crippen LogP contribution is 2.08. The maximum Gasteiger partial charge on any atom is 0.176 e. The average molecular weight is 169 g/mol. The molecule has 0 bridgehead atoms. The van der Waals surface area contributed by atoms with Crippen LogP contribution in [0.2, 0.25) is 0 Å². The maximum atomic E-state index is 8.71. The smallest absolute Gasteiger partial charge is 0.176 e. The van der Waals surface area contributed by atoms with Crippen LogP contribution in [-0.4, -0.2) is 42.3 Å². The Morgan fingerprint density at radius 2 is 2.50 bits per heavy atom. The molecule has 1 saturated heterocycles. The van der Waals surface area contributed by atoms with E-state index in [0.717, 1.165) is 32.5 Å². The molecule has 1 heterocycles. The lowest BCUT2D eigenvalue weighted by Gasteiger charge is -2.31. The summed E-state index contributed by atoms with van der Waals surface area (Å²) in [4.78, 5) is 2.18. The van der Waals surface area contributed by atoms with Gasteiger partial charge < -0.3 is 10.4 Å². The van der Waals surface area contributed by atoms with Crippen LogP contribution in [0.5, 0.6) is 0 Å². The van der Waals surface area contributed by atoms with Crippen molar-refractivity contribution >= 4 is 0 Å². The van der Waals surface area contributed by atoms with Crippen molar-refractivity contribution in [2.45, 2.75) is 18.9 Å². The van der Waals surface area contributed by atoms with Crippen molar-refractivity contribution in [1.82, 2.24) is 10.2 Å². The van der Waals surface area contributed by atoms with Crippen molar-refractivity contribution in [2.75, 3.05) is 26.2 Å². The number of nitrogens with zero attached hydrogens (tertiary/aromatic N) is 2. The number of aliphatic hydroxyl groups is 1. The molecule has 1 fully saturated rings. The highest BCUT2D eigenvalue weighted by Gasteiger charge is 2.18. The van der Waals surface area contributed by atoms with Crippen molar-refractivity contribution in [3.05, 3.63) is 0 Å². The first-order chi connectivity index (χ1) is 5.86. The summed E-state index contributed by atoms with van der Waals surface area (Å²) in [6, 6.07) is 0.287. The molecule has 0 spiro atoms. The summed E-state index contributed by atoms with van der Waals surface area (Å²) in [5.74, 6) is 0. The lowest BCUT2D eigenvalue weighted by Crippen LogP contribution is -2.45. The zero-order chi connectivity index (χ0) is 8.81. The lowest BCUT2D eigenvalue weighted by atomic mass is 10.1. The number of β-amino-alcohol motifs (C(OH)–C–C–N with tert-alkyl or cyclic N) is 1. The standard InChI is InChI=1S/C8H15N3O/c9-7-10-8-2-1-3-11(6-8)4-5-12/h8,10,12H,1-6H2. The van der Waals surface area contributed by atoms with Gasteiger partial charge in [0.15, 0.2) is 6.19 Å². The van der Waals surface area contributed by atoms with Crippen LogP contribution in [0.1, 0.15) is 12.8 Å². The maximum absolute atomic E-state index is 8.71. The summed E-state index contributed by atoms with van der Waals surface area (Å²) in [5.41, 5.74) is 0. The van der Waals surface area contributed by atoms with Gasteiger partial charge in [-0.05, 0) is 19.4 Å². The minimum atomic E-state index is 0.208. The van der Waals surface area contributed by atoms with Gasteiger partial charge in [0.05, 0.1) is 6.61 Å². The molecule has 0 aromatic carbocycles. The first kappa shape index (κ1) is 9.30. The molecule has 0 aromatic heterocycles. The molecule has 0 radical (unpaired) electrons. The molecule has 0 aromatic rings. The van der Waals surface area contributed by atoms with Gasteiger partial charge in [0, 0.05) is 19.1 Å². The summed E-state index contributed by atoms with van der Waals surface area (Å²) in [5, 5.41) is 19.9. The summed E-state index contributed by atoms with van der Waals surface area (Å²) in [6.45, 7) is 2.86. The Kier molecular flexibility index (Phi) is 3.85. The van der Waals surface area contributed by atoms with E-state index in [-0.39, 0.29) is 12.6 Å². The largest absolute Gasteiger partial charge is 0.395 e. The van der Waals surface area contributed by atoms with Crippen LogP contribution in [0.15, 0.2) is 0 Å². The van der Waals surface area contributed by atoms with E-state index in [4.69, 9.17) is 10.4 Å². The summed E-state index contributed by atoms with van der Waals surface area (Å²) in [6.07, 6.45) is 4.14. The zero-order valence-electron chi connectivity index (χ0n) is 7.16. The van der Waals surface area contributed by atoms with Gasteiger partial charge in [0.2, 0.25) is 0 Å². The molecule has 12 heavy (non-hydrogen) atoms. The van der Waals surface area contributed by atoms with E-state index in [1.54, 1.807) is 0 Å². The number of hydrogen-bond acceptors (Lipinski definition) is 4. The Hall–Kier alpha value is -0.790. The predicted molar refractivity (Wildman–Crippen MR) is 45.3 cm³/mol. The van der Waals surface area contributed by atoms with Crippen LogP contribution >= 0.6 is 0 Å². The summed E-state index contributed by atoms with van der Waals surface area (Å²) in [7, 11) is 0. The topological polar surface area (TPSA) is 59.3 Å². The second kappa shape index (κ2) is 4.96. The van der Waals surface area contributed by atoms with E-state index < -0.39 is 0 Å². The molecule has 2 N–H and O–H groups in total. The average Bonchev–Trinajstić information content (AvgIpc) is 2.06. The molecule has 0 amide bonds. The van der Waals surface area contributed by atoms with E-state index >= 15 is 0 Å². The number of hydrogen-bond donors (Lipinski definition) is 2. The van der Waals surface area contributed by atoms with Crippen LogP contribution in [0, 0.1) is 11.5 Å². The van der Waals surface area contributed by atoms with E-state index in [0.29, 0.717) is 0 Å². The van der Waals surface area contributed by atoms with Crippen molar-refractivity contribution in [3.63, 3.8) is 0 Å². The third-order valence-electron chi connectivity index (χ3n) is 2.19.